The van der Waals surface area contributed by atoms with Crippen molar-refractivity contribution < 1.29 is 0 Å². The molecule has 0 N–H and O–H groups in total. The van der Waals surface area contributed by atoms with E-state index in [0.29, 0.717) is 0 Å². The van der Waals surface area contributed by atoms with E-state index < -0.39 is 0 Å². The Morgan fingerprint density at radius 2 is 0.694 bits per heavy atom. The second-order valence-electron chi connectivity index (χ2n) is 12.6. The summed E-state index contributed by atoms with van der Waals surface area (Å²) in [5, 5.41) is 7.65. The molecule has 9 rings (SSSR count). The Balaban J connectivity index is 1.03. The van der Waals surface area contributed by atoms with Crippen molar-refractivity contribution in [3.8, 4) is 33.4 Å². The first-order chi connectivity index (χ1) is 24.3. The van der Waals surface area contributed by atoms with Gasteiger partial charge in [-0.15, -0.1) is 0 Å². The first kappa shape index (κ1) is 28.8. The molecular formula is C48H33N. The second kappa shape index (κ2) is 12.3. The molecule has 0 aliphatic carbocycles. The minimum absolute atomic E-state index is 1.12. The molecule has 9 aromatic carbocycles. The fourth-order valence-electron chi connectivity index (χ4n) is 7.13. The fraction of sp³-hybridized carbons (Fsp3) is 0. The Bertz CT molecular complexity index is 2570. The minimum Gasteiger partial charge on any atom is -0.311 e. The van der Waals surface area contributed by atoms with E-state index in [-0.39, 0.29) is 0 Å². The summed E-state index contributed by atoms with van der Waals surface area (Å²) in [7, 11) is 0. The summed E-state index contributed by atoms with van der Waals surface area (Å²) >= 11 is 0. The molecule has 0 amide bonds. The van der Waals surface area contributed by atoms with Gasteiger partial charge in [-0.05, 0) is 114 Å². The Hall–Kier alpha value is -6.44. The van der Waals surface area contributed by atoms with Crippen molar-refractivity contribution in [1.82, 2.24) is 0 Å². The topological polar surface area (TPSA) is 3.24 Å². The van der Waals surface area contributed by atoms with Crippen molar-refractivity contribution in [3.63, 3.8) is 0 Å². The molecule has 49 heavy (non-hydrogen) atoms. The Labute approximate surface area is 287 Å². The quantitative estimate of drug-likeness (QED) is 0.167. The maximum atomic E-state index is 2.33. The smallest absolute Gasteiger partial charge is 0.0462 e. The fourth-order valence-corrected chi connectivity index (χ4v) is 7.13. The van der Waals surface area contributed by atoms with Gasteiger partial charge in [-0.3, -0.25) is 0 Å². The van der Waals surface area contributed by atoms with Gasteiger partial charge in [0.1, 0.15) is 0 Å². The van der Waals surface area contributed by atoms with Gasteiger partial charge in [-0.25, -0.2) is 0 Å². The number of rotatable bonds is 6. The van der Waals surface area contributed by atoms with Gasteiger partial charge in [0.2, 0.25) is 0 Å². The van der Waals surface area contributed by atoms with Crippen LogP contribution in [0.1, 0.15) is 0 Å². The van der Waals surface area contributed by atoms with Crippen LogP contribution in [-0.4, -0.2) is 0 Å². The van der Waals surface area contributed by atoms with E-state index in [2.05, 4.69) is 205 Å². The highest BCUT2D eigenvalue weighted by atomic mass is 15.1. The molecule has 1 nitrogen and oxygen atoms in total. The van der Waals surface area contributed by atoms with Crippen LogP contribution < -0.4 is 4.90 Å². The lowest BCUT2D eigenvalue weighted by Crippen LogP contribution is -2.09. The first-order valence-electron chi connectivity index (χ1n) is 16.8. The van der Waals surface area contributed by atoms with E-state index in [4.69, 9.17) is 0 Å². The van der Waals surface area contributed by atoms with Crippen molar-refractivity contribution in [2.45, 2.75) is 0 Å². The van der Waals surface area contributed by atoms with Crippen LogP contribution in [0.4, 0.5) is 17.1 Å². The molecule has 0 aliphatic heterocycles. The van der Waals surface area contributed by atoms with Crippen LogP contribution in [0.25, 0.3) is 65.7 Å². The van der Waals surface area contributed by atoms with Gasteiger partial charge < -0.3 is 4.90 Å². The Kier molecular flexibility index (Phi) is 7.22. The number of hydrogen-bond donors (Lipinski definition) is 0. The molecule has 9 aromatic rings. The molecule has 0 saturated heterocycles. The van der Waals surface area contributed by atoms with Crippen LogP contribution in [0, 0.1) is 0 Å². The SMILES string of the molecule is c1ccc(N(c2ccc(-c3ccc(-c4cc5ccccc5c5ccccc45)cc3)cc2)c2ccc(-c3ccc4ccccc4c3)cc2)cc1. The van der Waals surface area contributed by atoms with Gasteiger partial charge in [-0.2, -0.15) is 0 Å². The number of hydrogen-bond acceptors (Lipinski definition) is 1. The lowest BCUT2D eigenvalue weighted by atomic mass is 9.92. The molecule has 0 radical (unpaired) electrons. The van der Waals surface area contributed by atoms with E-state index in [1.54, 1.807) is 0 Å². The van der Waals surface area contributed by atoms with Gasteiger partial charge in [-0.1, -0.05) is 152 Å². The number of anilines is 3. The Morgan fingerprint density at radius 3 is 1.37 bits per heavy atom. The number of fused-ring (bicyclic) bond motifs is 4. The molecule has 0 atom stereocenters. The Morgan fingerprint density at radius 1 is 0.245 bits per heavy atom. The molecule has 1 heteroatoms. The highest BCUT2D eigenvalue weighted by Gasteiger charge is 2.14. The molecule has 0 saturated carbocycles. The summed E-state index contributed by atoms with van der Waals surface area (Å²) < 4.78 is 0. The van der Waals surface area contributed by atoms with Gasteiger partial charge in [0.05, 0.1) is 0 Å². The maximum Gasteiger partial charge on any atom is 0.0462 e. The van der Waals surface area contributed by atoms with Gasteiger partial charge in [0, 0.05) is 17.1 Å². The summed E-state index contributed by atoms with van der Waals surface area (Å²) in [6.45, 7) is 0. The normalized spacial score (nSPS) is 11.3. The minimum atomic E-state index is 1.12. The van der Waals surface area contributed by atoms with Crippen molar-refractivity contribution >= 4 is 49.4 Å². The van der Waals surface area contributed by atoms with Crippen LogP contribution in [0.2, 0.25) is 0 Å². The third kappa shape index (κ3) is 5.42. The summed E-state index contributed by atoms with van der Waals surface area (Å²) in [4.78, 5) is 2.32. The van der Waals surface area contributed by atoms with Crippen LogP contribution in [0.3, 0.4) is 0 Å². The monoisotopic (exact) mass is 623 g/mol. The summed E-state index contributed by atoms with van der Waals surface area (Å²) in [6, 6.07) is 72.3. The molecule has 0 spiro atoms. The lowest BCUT2D eigenvalue weighted by Gasteiger charge is -2.26. The number of benzene rings is 9. The highest BCUT2D eigenvalue weighted by molar-refractivity contribution is 6.13. The van der Waals surface area contributed by atoms with Gasteiger partial charge in [0.15, 0.2) is 0 Å². The third-order valence-electron chi connectivity index (χ3n) is 9.65. The van der Waals surface area contributed by atoms with Crippen molar-refractivity contribution in [1.29, 1.82) is 0 Å². The van der Waals surface area contributed by atoms with E-state index in [1.165, 1.54) is 65.7 Å². The van der Waals surface area contributed by atoms with Crippen molar-refractivity contribution in [2.75, 3.05) is 4.90 Å². The van der Waals surface area contributed by atoms with Gasteiger partial charge in [0.25, 0.3) is 0 Å². The zero-order chi connectivity index (χ0) is 32.6. The molecular weight excluding hydrogens is 591 g/mol. The van der Waals surface area contributed by atoms with E-state index in [9.17, 15) is 0 Å². The molecule has 0 bridgehead atoms. The summed E-state index contributed by atoms with van der Waals surface area (Å²) in [5.74, 6) is 0. The van der Waals surface area contributed by atoms with Crippen LogP contribution >= 0.6 is 0 Å². The standard InChI is InChI=1S/C48H33N/c1-2-13-42(14-3-1)49(44-30-26-37(27-31-44)40-23-20-34-10-4-5-11-39(34)32-40)43-28-24-36(25-29-43)35-18-21-38(22-19-35)48-33-41-12-6-7-15-45(41)46-16-8-9-17-47(46)48/h1-33H. The first-order valence-corrected chi connectivity index (χ1v) is 16.8. The molecule has 230 valence electrons. The van der Waals surface area contributed by atoms with Crippen molar-refractivity contribution in [3.05, 3.63) is 200 Å². The largest absolute Gasteiger partial charge is 0.311 e. The van der Waals surface area contributed by atoms with E-state index >= 15 is 0 Å². The summed E-state index contributed by atoms with van der Waals surface area (Å²) in [5.41, 5.74) is 10.7. The van der Waals surface area contributed by atoms with E-state index in [1.807, 2.05) is 0 Å². The van der Waals surface area contributed by atoms with Crippen LogP contribution in [0.15, 0.2) is 200 Å². The lowest BCUT2D eigenvalue weighted by molar-refractivity contribution is 1.28. The van der Waals surface area contributed by atoms with Crippen LogP contribution in [-0.2, 0) is 0 Å². The predicted octanol–water partition coefficient (Wildman–Crippen LogP) is 13.6. The third-order valence-corrected chi connectivity index (χ3v) is 9.65. The highest BCUT2D eigenvalue weighted by Crippen LogP contribution is 2.38. The summed E-state index contributed by atoms with van der Waals surface area (Å²) in [6.07, 6.45) is 0. The van der Waals surface area contributed by atoms with Crippen molar-refractivity contribution in [2.24, 2.45) is 0 Å². The average molecular weight is 624 g/mol. The number of nitrogens with zero attached hydrogens (tertiary/aromatic N) is 1. The molecule has 0 unspecified atom stereocenters. The maximum absolute atomic E-state index is 2.33. The van der Waals surface area contributed by atoms with Gasteiger partial charge >= 0.3 is 0 Å². The van der Waals surface area contributed by atoms with E-state index in [0.717, 1.165) is 17.1 Å². The molecule has 0 aromatic heterocycles. The zero-order valence-corrected chi connectivity index (χ0v) is 27.0. The average Bonchev–Trinajstić information content (AvgIpc) is 3.18. The zero-order valence-electron chi connectivity index (χ0n) is 27.0. The molecule has 0 aliphatic rings. The molecule has 0 fully saturated rings. The molecule has 0 heterocycles. The van der Waals surface area contributed by atoms with Crippen LogP contribution in [0.5, 0.6) is 0 Å². The second-order valence-corrected chi connectivity index (χ2v) is 12.6. The predicted molar refractivity (Wildman–Crippen MR) is 210 cm³/mol. The number of para-hydroxylation sites is 1.